The Hall–Kier alpha value is -1.62. The monoisotopic (exact) mass is 339 g/mol. The third-order valence-electron chi connectivity index (χ3n) is 4.23. The first-order valence-corrected chi connectivity index (χ1v) is 8.56. The van der Waals surface area contributed by atoms with Crippen molar-refractivity contribution < 1.29 is 18.7 Å². The van der Waals surface area contributed by atoms with Crippen LogP contribution in [0.5, 0.6) is 0 Å². The van der Waals surface area contributed by atoms with Crippen LogP contribution in [0.4, 0.5) is 4.39 Å². The molecule has 0 aromatic rings. The fourth-order valence-electron chi connectivity index (χ4n) is 2.75. The van der Waals surface area contributed by atoms with Gasteiger partial charge in [0.1, 0.15) is 18.2 Å². The molecule has 0 radical (unpaired) electrons. The maximum Gasteiger partial charge on any atom is 0.226 e. The summed E-state index contributed by atoms with van der Waals surface area (Å²) in [4.78, 5) is 12.2. The van der Waals surface area contributed by atoms with E-state index in [4.69, 9.17) is 9.47 Å². The lowest BCUT2D eigenvalue weighted by atomic mass is 9.75. The average molecular weight is 339 g/mol. The zero-order valence-corrected chi connectivity index (χ0v) is 15.0. The van der Waals surface area contributed by atoms with Gasteiger partial charge in [-0.3, -0.25) is 4.79 Å². The normalized spacial score (nSPS) is 17.2. The standard InChI is InChI=1S/C19H30FNO3/c1-15(2)17(14-16(3)20)24-13-12-23-11-10-21-18(22)19(4)8-6-5-7-9-19/h14H,1,3,5-13H2,2,4H3,(H,21,22)/b17-14+. The molecule has 4 nitrogen and oxygen atoms in total. The van der Waals surface area contributed by atoms with Gasteiger partial charge in [-0.1, -0.05) is 39.3 Å². The Balaban J connectivity index is 2.15. The molecular formula is C19H30FNO3. The summed E-state index contributed by atoms with van der Waals surface area (Å²) < 4.78 is 23.6. The Morgan fingerprint density at radius 3 is 2.46 bits per heavy atom. The second kappa shape index (κ2) is 10.3. The summed E-state index contributed by atoms with van der Waals surface area (Å²) in [5, 5.41) is 2.95. The number of nitrogens with one attached hydrogen (secondary N) is 1. The lowest BCUT2D eigenvalue weighted by Gasteiger charge is -2.31. The first kappa shape index (κ1) is 20.4. The molecule has 0 heterocycles. The smallest absolute Gasteiger partial charge is 0.226 e. The van der Waals surface area contributed by atoms with Crippen molar-refractivity contribution >= 4 is 5.91 Å². The molecule has 0 saturated heterocycles. The van der Waals surface area contributed by atoms with Gasteiger partial charge in [0.2, 0.25) is 5.91 Å². The fourth-order valence-corrected chi connectivity index (χ4v) is 2.75. The summed E-state index contributed by atoms with van der Waals surface area (Å²) >= 11 is 0. The van der Waals surface area contributed by atoms with Crippen molar-refractivity contribution in [2.75, 3.05) is 26.4 Å². The highest BCUT2D eigenvalue weighted by Gasteiger charge is 2.33. The fraction of sp³-hybridized carbons (Fsp3) is 0.632. The molecule has 1 aliphatic carbocycles. The molecule has 1 fully saturated rings. The number of hydrogen-bond donors (Lipinski definition) is 1. The average Bonchev–Trinajstić information content (AvgIpc) is 2.52. The minimum Gasteiger partial charge on any atom is -0.491 e. The third kappa shape index (κ3) is 7.30. The lowest BCUT2D eigenvalue weighted by Crippen LogP contribution is -2.41. The van der Waals surface area contributed by atoms with Crippen molar-refractivity contribution in [3.63, 3.8) is 0 Å². The van der Waals surface area contributed by atoms with E-state index in [1.165, 1.54) is 12.5 Å². The number of carbonyl (C=O) groups is 1. The second-order valence-corrected chi connectivity index (χ2v) is 6.57. The van der Waals surface area contributed by atoms with Gasteiger partial charge in [0.15, 0.2) is 0 Å². The molecule has 1 rings (SSSR count). The minimum atomic E-state index is -0.576. The van der Waals surface area contributed by atoms with Gasteiger partial charge in [-0.05, 0) is 25.3 Å². The Morgan fingerprint density at radius 1 is 1.21 bits per heavy atom. The number of carbonyl (C=O) groups excluding carboxylic acids is 1. The maximum atomic E-state index is 12.8. The summed E-state index contributed by atoms with van der Waals surface area (Å²) in [7, 11) is 0. The highest BCUT2D eigenvalue weighted by molar-refractivity contribution is 5.82. The van der Waals surface area contributed by atoms with E-state index in [-0.39, 0.29) is 17.9 Å². The van der Waals surface area contributed by atoms with Gasteiger partial charge in [0, 0.05) is 18.0 Å². The van der Waals surface area contributed by atoms with Crippen molar-refractivity contribution in [3.8, 4) is 0 Å². The van der Waals surface area contributed by atoms with E-state index in [0.717, 1.165) is 25.7 Å². The molecule has 5 heteroatoms. The molecular weight excluding hydrogens is 309 g/mol. The molecule has 1 N–H and O–H groups in total. The summed E-state index contributed by atoms with van der Waals surface area (Å²) in [5.74, 6) is -0.0894. The van der Waals surface area contributed by atoms with Crippen LogP contribution in [0.15, 0.2) is 36.4 Å². The summed E-state index contributed by atoms with van der Waals surface area (Å²) in [5.41, 5.74) is 0.402. The van der Waals surface area contributed by atoms with E-state index in [2.05, 4.69) is 18.5 Å². The topological polar surface area (TPSA) is 47.6 Å². The minimum absolute atomic E-state index is 0.121. The van der Waals surface area contributed by atoms with Crippen molar-refractivity contribution in [2.24, 2.45) is 5.41 Å². The first-order valence-electron chi connectivity index (χ1n) is 8.56. The maximum absolute atomic E-state index is 12.8. The van der Waals surface area contributed by atoms with Gasteiger partial charge >= 0.3 is 0 Å². The molecule has 1 saturated carbocycles. The molecule has 1 amide bonds. The summed E-state index contributed by atoms with van der Waals surface area (Å²) in [6.45, 7) is 12.2. The van der Waals surface area contributed by atoms with Crippen LogP contribution in [0, 0.1) is 5.41 Å². The van der Waals surface area contributed by atoms with Gasteiger partial charge in [-0.2, -0.15) is 0 Å². The van der Waals surface area contributed by atoms with Crippen LogP contribution in [0.3, 0.4) is 0 Å². The Labute approximate surface area is 144 Å². The Kier molecular flexibility index (Phi) is 8.76. The largest absolute Gasteiger partial charge is 0.491 e. The highest BCUT2D eigenvalue weighted by Crippen LogP contribution is 2.35. The van der Waals surface area contributed by atoms with Crippen LogP contribution in [0.25, 0.3) is 0 Å². The quantitative estimate of drug-likeness (QED) is 0.371. The second-order valence-electron chi connectivity index (χ2n) is 6.57. The zero-order valence-electron chi connectivity index (χ0n) is 15.0. The van der Waals surface area contributed by atoms with Gasteiger partial charge in [0.05, 0.1) is 13.2 Å². The Bertz CT molecular complexity index is 479. The summed E-state index contributed by atoms with van der Waals surface area (Å²) in [6, 6.07) is 0. The van der Waals surface area contributed by atoms with E-state index < -0.39 is 5.83 Å². The van der Waals surface area contributed by atoms with E-state index in [1.54, 1.807) is 6.92 Å². The SMILES string of the molecule is C=C(F)/C=C(/OCCOCCNC(=O)C1(C)CCCCC1)C(=C)C. The predicted molar refractivity (Wildman–Crippen MR) is 94.1 cm³/mol. The molecule has 0 bridgehead atoms. The van der Waals surface area contributed by atoms with E-state index in [0.29, 0.717) is 31.1 Å². The van der Waals surface area contributed by atoms with E-state index in [9.17, 15) is 9.18 Å². The molecule has 0 aliphatic heterocycles. The summed E-state index contributed by atoms with van der Waals surface area (Å²) in [6.07, 6.45) is 6.60. The van der Waals surface area contributed by atoms with Crippen molar-refractivity contribution in [1.29, 1.82) is 0 Å². The van der Waals surface area contributed by atoms with Crippen molar-refractivity contribution in [2.45, 2.75) is 46.0 Å². The molecule has 0 unspecified atom stereocenters. The van der Waals surface area contributed by atoms with Crippen molar-refractivity contribution in [1.82, 2.24) is 5.32 Å². The number of amides is 1. The van der Waals surface area contributed by atoms with Gasteiger partial charge in [-0.15, -0.1) is 0 Å². The molecule has 0 aromatic carbocycles. The number of halogens is 1. The first-order chi connectivity index (χ1) is 11.3. The molecule has 0 aromatic heterocycles. The predicted octanol–water partition coefficient (Wildman–Crippen LogP) is 4.05. The molecule has 1 aliphatic rings. The molecule has 0 atom stereocenters. The van der Waals surface area contributed by atoms with Crippen LogP contribution in [0.1, 0.15) is 46.0 Å². The van der Waals surface area contributed by atoms with Gasteiger partial charge in [0.25, 0.3) is 0 Å². The van der Waals surface area contributed by atoms with Crippen LogP contribution < -0.4 is 5.32 Å². The zero-order chi connectivity index (χ0) is 18.0. The third-order valence-corrected chi connectivity index (χ3v) is 4.23. The number of allylic oxidation sites excluding steroid dienone is 3. The van der Waals surface area contributed by atoms with Crippen LogP contribution >= 0.6 is 0 Å². The van der Waals surface area contributed by atoms with Crippen LogP contribution in [0.2, 0.25) is 0 Å². The number of hydrogen-bond acceptors (Lipinski definition) is 3. The van der Waals surface area contributed by atoms with Gasteiger partial charge < -0.3 is 14.8 Å². The van der Waals surface area contributed by atoms with Crippen molar-refractivity contribution in [3.05, 3.63) is 36.4 Å². The lowest BCUT2D eigenvalue weighted by molar-refractivity contribution is -0.132. The van der Waals surface area contributed by atoms with E-state index in [1.807, 2.05) is 6.92 Å². The molecule has 136 valence electrons. The molecule has 24 heavy (non-hydrogen) atoms. The van der Waals surface area contributed by atoms with Crippen LogP contribution in [-0.2, 0) is 14.3 Å². The number of rotatable bonds is 10. The Morgan fingerprint density at radius 2 is 1.88 bits per heavy atom. The molecule has 0 spiro atoms. The van der Waals surface area contributed by atoms with E-state index >= 15 is 0 Å². The van der Waals surface area contributed by atoms with Gasteiger partial charge in [-0.25, -0.2) is 4.39 Å². The van der Waals surface area contributed by atoms with Crippen LogP contribution in [-0.4, -0.2) is 32.3 Å². The number of ether oxygens (including phenoxy) is 2. The highest BCUT2D eigenvalue weighted by atomic mass is 19.1.